The summed E-state index contributed by atoms with van der Waals surface area (Å²) in [5.74, 6) is -2.25. The summed E-state index contributed by atoms with van der Waals surface area (Å²) in [6.45, 7) is 2.00. The predicted molar refractivity (Wildman–Crippen MR) is 151 cm³/mol. The Balaban J connectivity index is 0.000000218. The quantitative estimate of drug-likeness (QED) is 0.210. The van der Waals surface area contributed by atoms with Gasteiger partial charge in [0.15, 0.2) is 0 Å². The molecule has 0 spiro atoms. The molecule has 202 valence electrons. The van der Waals surface area contributed by atoms with Gasteiger partial charge >= 0.3 is 11.9 Å². The number of halogens is 3. The van der Waals surface area contributed by atoms with Crippen LogP contribution in [0, 0.1) is 0 Å². The number of hydrogen-bond acceptors (Lipinski definition) is 4. The van der Waals surface area contributed by atoms with Crippen LogP contribution in [-0.2, 0) is 29.8 Å². The van der Waals surface area contributed by atoms with E-state index in [0.29, 0.717) is 32.3 Å². The van der Waals surface area contributed by atoms with Crippen molar-refractivity contribution in [3.63, 3.8) is 0 Å². The van der Waals surface area contributed by atoms with Crippen molar-refractivity contribution in [1.82, 2.24) is 0 Å². The molecule has 0 aliphatic heterocycles. The van der Waals surface area contributed by atoms with E-state index in [9.17, 15) is 19.8 Å². The molecule has 9 heteroatoms. The fourth-order valence-electron chi connectivity index (χ4n) is 4.11. The minimum atomic E-state index is -1.69. The minimum absolute atomic E-state index is 0.248. The molecule has 0 saturated carbocycles. The molecule has 0 bridgehead atoms. The van der Waals surface area contributed by atoms with Crippen LogP contribution in [0.15, 0.2) is 109 Å². The van der Waals surface area contributed by atoms with Gasteiger partial charge in [0, 0.05) is 27.8 Å². The lowest BCUT2D eigenvalue weighted by Crippen LogP contribution is -2.40. The third-order valence-corrected chi connectivity index (χ3v) is 6.68. The first-order valence-electron chi connectivity index (χ1n) is 11.8. The Morgan fingerprint density at radius 1 is 0.615 bits per heavy atom. The second-order valence-corrected chi connectivity index (χ2v) is 9.26. The Bertz CT molecular complexity index is 1280. The van der Waals surface area contributed by atoms with Crippen LogP contribution in [0.4, 0.5) is 0 Å². The van der Waals surface area contributed by atoms with Gasteiger partial charge in [-0.3, -0.25) is 4.29 Å². The average Bonchev–Trinajstić information content (AvgIpc) is 2.95. The Morgan fingerprint density at radius 2 is 0.949 bits per heavy atom. The van der Waals surface area contributed by atoms with Gasteiger partial charge in [0.05, 0.1) is 11.9 Å². The summed E-state index contributed by atoms with van der Waals surface area (Å²) in [4.78, 5) is 23.6. The summed E-state index contributed by atoms with van der Waals surface area (Å²) in [6, 6.07) is 30.4. The van der Waals surface area contributed by atoms with Gasteiger partial charge in [-0.15, -0.1) is 0 Å². The van der Waals surface area contributed by atoms with E-state index in [1.807, 2.05) is 0 Å². The van der Waals surface area contributed by atoms with E-state index in [-0.39, 0.29) is 6.61 Å². The van der Waals surface area contributed by atoms with E-state index in [1.165, 1.54) is 0 Å². The van der Waals surface area contributed by atoms with Gasteiger partial charge in [-0.1, -0.05) is 108 Å². The molecule has 2 N–H and O–H groups in total. The van der Waals surface area contributed by atoms with Crippen molar-refractivity contribution in [2.45, 2.75) is 18.1 Å². The highest BCUT2D eigenvalue weighted by atomic mass is 35.5. The molecule has 39 heavy (non-hydrogen) atoms. The molecule has 0 atom stereocenters. The zero-order valence-electron chi connectivity index (χ0n) is 20.8. The van der Waals surface area contributed by atoms with Crippen LogP contribution in [0.2, 0.25) is 10.0 Å². The maximum absolute atomic E-state index is 12.0. The smallest absolute Gasteiger partial charge is 0.347 e. The van der Waals surface area contributed by atoms with Crippen LogP contribution in [0.3, 0.4) is 0 Å². The summed E-state index contributed by atoms with van der Waals surface area (Å²) in [7, 11) is 0. The standard InChI is InChI=1S/C16H14Cl2O3.C14H11ClO3/c1-2-21-16(15(19)20,11-3-7-13(17)8-4-11)12-5-9-14(18)10-6-12;15-18-14(13(16)17,11-7-3-1-4-8-11)12-9-5-2-6-10-12/h3-10H,2H2,1H3,(H,19,20);1-10H,(H,16,17). The monoisotopic (exact) mass is 586 g/mol. The summed E-state index contributed by atoms with van der Waals surface area (Å²) >= 11 is 17.3. The average molecular weight is 588 g/mol. The molecule has 4 aromatic rings. The molecule has 0 heterocycles. The lowest BCUT2D eigenvalue weighted by atomic mass is 9.86. The Kier molecular flexibility index (Phi) is 10.5. The molecule has 4 aromatic carbocycles. The molecule has 0 amide bonds. The van der Waals surface area contributed by atoms with Gasteiger partial charge in [0.1, 0.15) is 0 Å². The minimum Gasteiger partial charge on any atom is -0.479 e. The molecule has 0 unspecified atom stereocenters. The first-order valence-corrected chi connectivity index (χ1v) is 12.8. The van der Waals surface area contributed by atoms with E-state index in [1.54, 1.807) is 116 Å². The van der Waals surface area contributed by atoms with Crippen molar-refractivity contribution in [3.05, 3.63) is 141 Å². The molecule has 6 nitrogen and oxygen atoms in total. The van der Waals surface area contributed by atoms with Gasteiger partial charge in [-0.25, -0.2) is 9.59 Å². The van der Waals surface area contributed by atoms with E-state index < -0.39 is 23.1 Å². The molecule has 0 aliphatic rings. The Hall–Kier alpha value is -3.39. The van der Waals surface area contributed by atoms with E-state index >= 15 is 0 Å². The van der Waals surface area contributed by atoms with E-state index in [2.05, 4.69) is 0 Å². The van der Waals surface area contributed by atoms with Crippen molar-refractivity contribution < 1.29 is 28.8 Å². The molecular weight excluding hydrogens is 563 g/mol. The Morgan fingerprint density at radius 3 is 1.23 bits per heavy atom. The number of carboxylic acid groups (broad SMARTS) is 2. The van der Waals surface area contributed by atoms with Crippen molar-refractivity contribution in [1.29, 1.82) is 0 Å². The highest BCUT2D eigenvalue weighted by Crippen LogP contribution is 2.36. The Labute approximate surface area is 241 Å². The van der Waals surface area contributed by atoms with Crippen molar-refractivity contribution in [3.8, 4) is 0 Å². The zero-order chi connectivity index (χ0) is 28.5. The summed E-state index contributed by atoms with van der Waals surface area (Å²) < 4.78 is 10.5. The predicted octanol–water partition coefficient (Wildman–Crippen LogP) is 7.54. The molecule has 0 aliphatic carbocycles. The van der Waals surface area contributed by atoms with Gasteiger partial charge in [0.2, 0.25) is 11.2 Å². The van der Waals surface area contributed by atoms with Gasteiger partial charge in [-0.2, -0.15) is 0 Å². The normalized spacial score (nSPS) is 11.3. The largest absolute Gasteiger partial charge is 0.479 e. The van der Waals surface area contributed by atoms with Gasteiger partial charge in [-0.05, 0) is 42.3 Å². The number of aliphatic carboxylic acids is 2. The van der Waals surface area contributed by atoms with Gasteiger partial charge < -0.3 is 14.9 Å². The van der Waals surface area contributed by atoms with Crippen molar-refractivity contribution in [2.24, 2.45) is 0 Å². The van der Waals surface area contributed by atoms with E-state index in [4.69, 9.17) is 44.1 Å². The maximum atomic E-state index is 12.0. The molecule has 0 fully saturated rings. The number of benzene rings is 4. The highest BCUT2D eigenvalue weighted by Gasteiger charge is 2.44. The highest BCUT2D eigenvalue weighted by molar-refractivity contribution is 6.30. The molecular formula is C30H25Cl3O6. The van der Waals surface area contributed by atoms with Gasteiger partial charge in [0.25, 0.3) is 0 Å². The number of ether oxygens (including phenoxy) is 1. The molecule has 0 saturated heterocycles. The number of rotatable bonds is 9. The fraction of sp³-hybridized carbons (Fsp3) is 0.133. The lowest BCUT2D eigenvalue weighted by molar-refractivity contribution is -0.161. The molecule has 0 radical (unpaired) electrons. The first-order chi connectivity index (χ1) is 18.7. The second-order valence-electron chi connectivity index (χ2n) is 8.23. The fourth-order valence-corrected chi connectivity index (χ4v) is 4.61. The lowest BCUT2D eigenvalue weighted by Gasteiger charge is -2.30. The number of carbonyl (C=O) groups is 2. The molecule has 0 aromatic heterocycles. The van der Waals surface area contributed by atoms with Crippen LogP contribution < -0.4 is 0 Å². The number of carboxylic acids is 2. The van der Waals surface area contributed by atoms with Crippen molar-refractivity contribution in [2.75, 3.05) is 6.61 Å². The third kappa shape index (κ3) is 6.44. The molecule has 4 rings (SSSR count). The van der Waals surface area contributed by atoms with Crippen LogP contribution in [0.1, 0.15) is 29.2 Å². The van der Waals surface area contributed by atoms with E-state index in [0.717, 1.165) is 0 Å². The summed E-state index contributed by atoms with van der Waals surface area (Å²) in [5.41, 5.74) is -1.32. The van der Waals surface area contributed by atoms with Crippen molar-refractivity contribution >= 4 is 47.0 Å². The first kappa shape index (κ1) is 30.2. The summed E-state index contributed by atoms with van der Waals surface area (Å²) in [6.07, 6.45) is 0. The van der Waals surface area contributed by atoms with Crippen LogP contribution in [-0.4, -0.2) is 28.8 Å². The number of hydrogen-bond donors (Lipinski definition) is 2. The van der Waals surface area contributed by atoms with Crippen LogP contribution in [0.25, 0.3) is 0 Å². The van der Waals surface area contributed by atoms with Crippen LogP contribution in [0.5, 0.6) is 0 Å². The summed E-state index contributed by atoms with van der Waals surface area (Å²) in [5, 5.41) is 20.4. The maximum Gasteiger partial charge on any atom is 0.347 e. The SMILES string of the molecule is CCOC(C(=O)O)(c1ccc(Cl)cc1)c1ccc(Cl)cc1.O=C(O)C(OCl)(c1ccccc1)c1ccccc1. The van der Waals surface area contributed by atoms with Crippen LogP contribution >= 0.6 is 35.1 Å². The second kappa shape index (κ2) is 13.6. The third-order valence-electron chi connectivity index (χ3n) is 5.94. The zero-order valence-corrected chi connectivity index (χ0v) is 23.0. The topological polar surface area (TPSA) is 93.1 Å².